The number of aliphatic hydroxyl groups is 1. The summed E-state index contributed by atoms with van der Waals surface area (Å²) in [4.78, 5) is 9.89. The highest BCUT2D eigenvalue weighted by atomic mass is 16.6. The first kappa shape index (κ1) is 10.5. The average molecular weight is 196 g/mol. The Balaban J connectivity index is 2.68. The molecule has 0 aliphatic rings. The van der Waals surface area contributed by atoms with Crippen LogP contribution in [0.4, 0.5) is 11.4 Å². The van der Waals surface area contributed by atoms with E-state index in [1.807, 2.05) is 6.92 Å². The standard InChI is InChI=1S/C9H12N2O3/c1-7(6-12)10-8-2-4-9(5-3-8)11(13)14/h2-5,7,10,12H,6H2,1H3. The van der Waals surface area contributed by atoms with Gasteiger partial charge in [-0.05, 0) is 19.1 Å². The third-order valence-electron chi connectivity index (χ3n) is 1.77. The zero-order valence-electron chi connectivity index (χ0n) is 7.80. The maximum Gasteiger partial charge on any atom is 0.269 e. The second-order valence-electron chi connectivity index (χ2n) is 3.03. The molecule has 1 aromatic carbocycles. The Kier molecular flexibility index (Phi) is 3.41. The summed E-state index contributed by atoms with van der Waals surface area (Å²) in [5, 5.41) is 22.1. The van der Waals surface area contributed by atoms with E-state index in [9.17, 15) is 10.1 Å². The molecule has 14 heavy (non-hydrogen) atoms. The predicted octanol–water partition coefficient (Wildman–Crippen LogP) is 1.39. The number of benzene rings is 1. The molecule has 0 radical (unpaired) electrons. The van der Waals surface area contributed by atoms with E-state index in [0.717, 1.165) is 5.69 Å². The summed E-state index contributed by atoms with van der Waals surface area (Å²) < 4.78 is 0. The smallest absolute Gasteiger partial charge is 0.269 e. The summed E-state index contributed by atoms with van der Waals surface area (Å²) >= 11 is 0. The van der Waals surface area contributed by atoms with Gasteiger partial charge in [0.15, 0.2) is 0 Å². The van der Waals surface area contributed by atoms with Crippen molar-refractivity contribution < 1.29 is 10.0 Å². The van der Waals surface area contributed by atoms with Crippen molar-refractivity contribution in [3.63, 3.8) is 0 Å². The van der Waals surface area contributed by atoms with Crippen LogP contribution in [0, 0.1) is 10.1 Å². The summed E-state index contributed by atoms with van der Waals surface area (Å²) in [6, 6.07) is 6.02. The zero-order valence-corrected chi connectivity index (χ0v) is 7.80. The Bertz CT molecular complexity index is 310. The second kappa shape index (κ2) is 4.57. The number of nitro groups is 1. The number of anilines is 1. The third kappa shape index (κ3) is 2.70. The second-order valence-corrected chi connectivity index (χ2v) is 3.03. The average Bonchev–Trinajstić information content (AvgIpc) is 2.18. The van der Waals surface area contributed by atoms with Crippen molar-refractivity contribution in [3.8, 4) is 0 Å². The maximum absolute atomic E-state index is 10.3. The van der Waals surface area contributed by atoms with Crippen molar-refractivity contribution in [2.24, 2.45) is 0 Å². The lowest BCUT2D eigenvalue weighted by Gasteiger charge is -2.11. The highest BCUT2D eigenvalue weighted by Crippen LogP contribution is 2.15. The van der Waals surface area contributed by atoms with E-state index in [1.165, 1.54) is 12.1 Å². The topological polar surface area (TPSA) is 75.4 Å². The van der Waals surface area contributed by atoms with Crippen molar-refractivity contribution in [2.45, 2.75) is 13.0 Å². The van der Waals surface area contributed by atoms with E-state index in [2.05, 4.69) is 5.32 Å². The van der Waals surface area contributed by atoms with Crippen molar-refractivity contribution in [2.75, 3.05) is 11.9 Å². The molecule has 5 heteroatoms. The zero-order chi connectivity index (χ0) is 10.6. The van der Waals surface area contributed by atoms with E-state index >= 15 is 0 Å². The van der Waals surface area contributed by atoms with E-state index in [-0.39, 0.29) is 18.3 Å². The molecule has 2 N–H and O–H groups in total. The number of nitro benzene ring substituents is 1. The molecular formula is C9H12N2O3. The minimum Gasteiger partial charge on any atom is -0.394 e. The van der Waals surface area contributed by atoms with Crippen molar-refractivity contribution in [1.82, 2.24) is 0 Å². The SMILES string of the molecule is CC(CO)Nc1ccc([N+](=O)[O-])cc1. The summed E-state index contributed by atoms with van der Waals surface area (Å²) in [5.74, 6) is 0. The van der Waals surface area contributed by atoms with E-state index < -0.39 is 4.92 Å². The van der Waals surface area contributed by atoms with Crippen LogP contribution in [0.3, 0.4) is 0 Å². The summed E-state index contributed by atoms with van der Waals surface area (Å²) in [6.45, 7) is 1.85. The Morgan fingerprint density at radius 3 is 2.50 bits per heavy atom. The van der Waals surface area contributed by atoms with Gasteiger partial charge < -0.3 is 10.4 Å². The Morgan fingerprint density at radius 1 is 1.50 bits per heavy atom. The van der Waals surface area contributed by atoms with Gasteiger partial charge in [-0.1, -0.05) is 0 Å². The number of nitrogens with zero attached hydrogens (tertiary/aromatic N) is 1. The minimum atomic E-state index is -0.445. The normalized spacial score (nSPS) is 12.1. The molecule has 0 bridgehead atoms. The van der Waals surface area contributed by atoms with Crippen LogP contribution in [0.2, 0.25) is 0 Å². The minimum absolute atomic E-state index is 0.0248. The number of rotatable bonds is 4. The van der Waals surface area contributed by atoms with E-state index in [4.69, 9.17) is 5.11 Å². The molecular weight excluding hydrogens is 184 g/mol. The first-order chi connectivity index (χ1) is 6.63. The van der Waals surface area contributed by atoms with Gasteiger partial charge in [0.05, 0.1) is 11.5 Å². The van der Waals surface area contributed by atoms with E-state index in [1.54, 1.807) is 12.1 Å². The van der Waals surface area contributed by atoms with Crippen molar-refractivity contribution in [3.05, 3.63) is 34.4 Å². The molecule has 5 nitrogen and oxygen atoms in total. The third-order valence-corrected chi connectivity index (χ3v) is 1.77. The lowest BCUT2D eigenvalue weighted by Crippen LogP contribution is -2.19. The molecule has 1 rings (SSSR count). The fourth-order valence-electron chi connectivity index (χ4n) is 1.01. The summed E-state index contributed by atoms with van der Waals surface area (Å²) in [5.41, 5.74) is 0.823. The number of hydrogen-bond donors (Lipinski definition) is 2. The maximum atomic E-state index is 10.3. The predicted molar refractivity (Wildman–Crippen MR) is 53.3 cm³/mol. The highest BCUT2D eigenvalue weighted by Gasteiger charge is 2.04. The molecule has 0 aromatic heterocycles. The highest BCUT2D eigenvalue weighted by molar-refractivity contribution is 5.48. The molecule has 0 saturated heterocycles. The van der Waals surface area contributed by atoms with Crippen molar-refractivity contribution in [1.29, 1.82) is 0 Å². The van der Waals surface area contributed by atoms with Gasteiger partial charge in [-0.25, -0.2) is 0 Å². The van der Waals surface area contributed by atoms with Crippen molar-refractivity contribution >= 4 is 11.4 Å². The number of nitrogens with one attached hydrogen (secondary N) is 1. The van der Waals surface area contributed by atoms with Gasteiger partial charge in [-0.3, -0.25) is 10.1 Å². The van der Waals surface area contributed by atoms with Gasteiger partial charge in [-0.2, -0.15) is 0 Å². The lowest BCUT2D eigenvalue weighted by atomic mass is 10.2. The lowest BCUT2D eigenvalue weighted by molar-refractivity contribution is -0.384. The van der Waals surface area contributed by atoms with Crippen LogP contribution in [-0.2, 0) is 0 Å². The number of non-ortho nitro benzene ring substituents is 1. The molecule has 1 aromatic rings. The van der Waals surface area contributed by atoms with Crippen LogP contribution in [-0.4, -0.2) is 22.7 Å². The van der Waals surface area contributed by atoms with Gasteiger partial charge in [-0.15, -0.1) is 0 Å². The molecule has 76 valence electrons. The Labute approximate surface area is 81.5 Å². The van der Waals surface area contributed by atoms with E-state index in [0.29, 0.717) is 0 Å². The molecule has 1 atom stereocenters. The molecule has 0 aliphatic heterocycles. The number of hydrogen-bond acceptors (Lipinski definition) is 4. The first-order valence-corrected chi connectivity index (χ1v) is 4.25. The summed E-state index contributed by atoms with van der Waals surface area (Å²) in [6.07, 6.45) is 0. The quantitative estimate of drug-likeness (QED) is 0.563. The van der Waals surface area contributed by atoms with Crippen LogP contribution in [0.5, 0.6) is 0 Å². The van der Waals surface area contributed by atoms with Gasteiger partial charge in [0.25, 0.3) is 5.69 Å². The summed E-state index contributed by atoms with van der Waals surface area (Å²) in [7, 11) is 0. The van der Waals surface area contributed by atoms with Crippen LogP contribution in [0.1, 0.15) is 6.92 Å². The van der Waals surface area contributed by atoms with Crippen LogP contribution < -0.4 is 5.32 Å². The molecule has 0 spiro atoms. The van der Waals surface area contributed by atoms with Crippen LogP contribution in [0.25, 0.3) is 0 Å². The van der Waals surface area contributed by atoms with Crippen LogP contribution >= 0.6 is 0 Å². The first-order valence-electron chi connectivity index (χ1n) is 4.25. The molecule has 0 saturated carbocycles. The molecule has 1 unspecified atom stereocenters. The monoisotopic (exact) mass is 196 g/mol. The van der Waals surface area contributed by atoms with Crippen LogP contribution in [0.15, 0.2) is 24.3 Å². The molecule has 0 heterocycles. The largest absolute Gasteiger partial charge is 0.394 e. The number of aliphatic hydroxyl groups excluding tert-OH is 1. The van der Waals surface area contributed by atoms with Gasteiger partial charge >= 0.3 is 0 Å². The Hall–Kier alpha value is -1.62. The molecule has 0 aliphatic carbocycles. The molecule has 0 amide bonds. The fourth-order valence-corrected chi connectivity index (χ4v) is 1.01. The van der Waals surface area contributed by atoms with Gasteiger partial charge in [0, 0.05) is 23.9 Å². The van der Waals surface area contributed by atoms with Gasteiger partial charge in [0.2, 0.25) is 0 Å². The molecule has 0 fully saturated rings. The fraction of sp³-hybridized carbons (Fsp3) is 0.333. The Morgan fingerprint density at radius 2 is 2.07 bits per heavy atom. The van der Waals surface area contributed by atoms with Gasteiger partial charge in [0.1, 0.15) is 0 Å².